The average molecular weight is 193 g/mol. The minimum atomic E-state index is 0.167. The van der Waals surface area contributed by atoms with Gasteiger partial charge in [0.2, 0.25) is 0 Å². The first kappa shape index (κ1) is 11.5. The molecule has 1 heteroatoms. The first-order valence-electron chi connectivity index (χ1n) is 5.57. The molecule has 1 rings (SSSR count). The molecule has 1 nitrogen and oxygen atoms in total. The molecule has 4 unspecified atom stereocenters. The largest absolute Gasteiger partial charge is 0.327 e. The summed E-state index contributed by atoms with van der Waals surface area (Å²) in [6, 6.07) is 0.280. The summed E-state index contributed by atoms with van der Waals surface area (Å²) in [6.07, 6.45) is 8.58. The van der Waals surface area contributed by atoms with Gasteiger partial charge in [-0.05, 0) is 24.7 Å². The van der Waals surface area contributed by atoms with Gasteiger partial charge in [-0.15, -0.1) is 0 Å². The first-order valence-corrected chi connectivity index (χ1v) is 5.57. The molecule has 14 heavy (non-hydrogen) atoms. The van der Waals surface area contributed by atoms with E-state index in [1.165, 1.54) is 12.8 Å². The van der Waals surface area contributed by atoms with E-state index in [4.69, 9.17) is 5.73 Å². The zero-order chi connectivity index (χ0) is 10.8. The Hall–Kier alpha value is -0.560. The minimum Gasteiger partial charge on any atom is -0.327 e. The van der Waals surface area contributed by atoms with Crippen molar-refractivity contribution in [3.63, 3.8) is 0 Å². The van der Waals surface area contributed by atoms with Crippen LogP contribution in [0.3, 0.4) is 0 Å². The first-order chi connectivity index (χ1) is 6.51. The van der Waals surface area contributed by atoms with Gasteiger partial charge in [0.1, 0.15) is 0 Å². The third-order valence-electron chi connectivity index (χ3n) is 3.98. The van der Waals surface area contributed by atoms with E-state index in [9.17, 15) is 0 Å². The smallest absolute Gasteiger partial charge is 0.0156 e. The molecular weight excluding hydrogens is 170 g/mol. The minimum absolute atomic E-state index is 0.167. The van der Waals surface area contributed by atoms with Gasteiger partial charge in [-0.2, -0.15) is 0 Å². The van der Waals surface area contributed by atoms with Crippen molar-refractivity contribution in [2.24, 2.45) is 23.0 Å². The van der Waals surface area contributed by atoms with Gasteiger partial charge in [-0.1, -0.05) is 45.6 Å². The normalized spacial score (nSPS) is 44.1. The van der Waals surface area contributed by atoms with E-state index in [0.717, 1.165) is 5.92 Å². The zero-order valence-electron chi connectivity index (χ0n) is 9.66. The topological polar surface area (TPSA) is 26.0 Å². The molecule has 80 valence electrons. The lowest BCUT2D eigenvalue weighted by molar-refractivity contribution is 0.127. The maximum Gasteiger partial charge on any atom is 0.0156 e. The van der Waals surface area contributed by atoms with Crippen LogP contribution in [0.15, 0.2) is 24.8 Å². The van der Waals surface area contributed by atoms with Crippen LogP contribution in [0.25, 0.3) is 0 Å². The molecule has 0 aromatic heterocycles. The molecule has 0 aromatic carbocycles. The molecule has 0 bridgehead atoms. The fourth-order valence-electron chi connectivity index (χ4n) is 2.41. The summed E-state index contributed by atoms with van der Waals surface area (Å²) in [5.41, 5.74) is 6.47. The maximum absolute atomic E-state index is 6.30. The lowest BCUT2D eigenvalue weighted by atomic mass is 9.64. The number of rotatable bonds is 2. The Labute approximate surface area is 88.1 Å². The second-order valence-electron chi connectivity index (χ2n) is 5.00. The summed E-state index contributed by atoms with van der Waals surface area (Å²) in [5.74, 6) is 1.37. The van der Waals surface area contributed by atoms with Crippen LogP contribution in [0.4, 0.5) is 0 Å². The number of allylic oxidation sites excluding steroid dienone is 2. The van der Waals surface area contributed by atoms with Gasteiger partial charge >= 0.3 is 0 Å². The summed E-state index contributed by atoms with van der Waals surface area (Å²) in [4.78, 5) is 0. The average Bonchev–Trinajstić information content (AvgIpc) is 2.19. The second-order valence-corrected chi connectivity index (χ2v) is 5.00. The molecule has 1 saturated carbocycles. The van der Waals surface area contributed by atoms with Gasteiger partial charge in [0.25, 0.3) is 0 Å². The lowest BCUT2D eigenvalue weighted by Crippen LogP contribution is -2.48. The van der Waals surface area contributed by atoms with Crippen molar-refractivity contribution in [1.29, 1.82) is 0 Å². The number of hydrogen-bond donors (Lipinski definition) is 1. The van der Waals surface area contributed by atoms with Crippen LogP contribution < -0.4 is 5.73 Å². The fraction of sp³-hybridized carbons (Fsp3) is 0.692. The van der Waals surface area contributed by atoms with Crippen molar-refractivity contribution < 1.29 is 0 Å². The van der Waals surface area contributed by atoms with Crippen molar-refractivity contribution in [1.82, 2.24) is 0 Å². The van der Waals surface area contributed by atoms with Gasteiger partial charge in [-0.3, -0.25) is 0 Å². The standard InChI is InChI=1S/C13H23N/c1-5-6-8-13(4)9-7-10(2)11(3)12(13)14/h5-6,8,10-12H,1,7,9,14H2,2-4H3/b8-6-. The monoisotopic (exact) mass is 193 g/mol. The predicted molar refractivity (Wildman–Crippen MR) is 63.0 cm³/mol. The van der Waals surface area contributed by atoms with Crippen molar-refractivity contribution in [2.75, 3.05) is 0 Å². The highest BCUT2D eigenvalue weighted by Crippen LogP contribution is 2.41. The van der Waals surface area contributed by atoms with Crippen LogP contribution in [-0.4, -0.2) is 6.04 Å². The van der Waals surface area contributed by atoms with Crippen molar-refractivity contribution >= 4 is 0 Å². The van der Waals surface area contributed by atoms with E-state index in [-0.39, 0.29) is 11.5 Å². The fourth-order valence-corrected chi connectivity index (χ4v) is 2.41. The van der Waals surface area contributed by atoms with E-state index in [0.29, 0.717) is 5.92 Å². The van der Waals surface area contributed by atoms with E-state index in [2.05, 4.69) is 33.4 Å². The van der Waals surface area contributed by atoms with Crippen molar-refractivity contribution in [3.8, 4) is 0 Å². The molecule has 0 saturated heterocycles. The highest BCUT2D eigenvalue weighted by atomic mass is 14.7. The Kier molecular flexibility index (Phi) is 3.54. The van der Waals surface area contributed by atoms with Crippen LogP contribution in [0, 0.1) is 17.3 Å². The van der Waals surface area contributed by atoms with Crippen LogP contribution in [0.1, 0.15) is 33.6 Å². The molecule has 0 radical (unpaired) electrons. The molecule has 0 aliphatic heterocycles. The lowest BCUT2D eigenvalue weighted by Gasteiger charge is -2.44. The summed E-state index contributed by atoms with van der Waals surface area (Å²) < 4.78 is 0. The van der Waals surface area contributed by atoms with Crippen LogP contribution in [0.5, 0.6) is 0 Å². The summed E-state index contributed by atoms with van der Waals surface area (Å²) in [6.45, 7) is 10.6. The van der Waals surface area contributed by atoms with E-state index in [1.807, 2.05) is 12.2 Å². The molecule has 4 atom stereocenters. The summed E-state index contributed by atoms with van der Waals surface area (Å²) >= 11 is 0. The molecule has 1 aliphatic carbocycles. The number of nitrogens with two attached hydrogens (primary N) is 1. The maximum atomic E-state index is 6.30. The molecule has 0 spiro atoms. The van der Waals surface area contributed by atoms with Crippen LogP contribution in [-0.2, 0) is 0 Å². The Morgan fingerprint density at radius 3 is 2.64 bits per heavy atom. The molecule has 0 amide bonds. The van der Waals surface area contributed by atoms with Gasteiger partial charge in [-0.25, -0.2) is 0 Å². The van der Waals surface area contributed by atoms with E-state index in [1.54, 1.807) is 0 Å². The van der Waals surface area contributed by atoms with Crippen molar-refractivity contribution in [2.45, 2.75) is 39.7 Å². The SMILES string of the molecule is C=C/C=C\C1(C)CCC(C)C(C)C1N. The van der Waals surface area contributed by atoms with Gasteiger partial charge in [0.15, 0.2) is 0 Å². The molecule has 1 fully saturated rings. The molecule has 2 N–H and O–H groups in total. The van der Waals surface area contributed by atoms with Crippen LogP contribution in [0.2, 0.25) is 0 Å². The highest BCUT2D eigenvalue weighted by molar-refractivity contribution is 5.11. The Morgan fingerprint density at radius 1 is 1.43 bits per heavy atom. The quantitative estimate of drug-likeness (QED) is 0.670. The zero-order valence-corrected chi connectivity index (χ0v) is 9.66. The molecule has 1 aliphatic rings. The number of hydrogen-bond acceptors (Lipinski definition) is 1. The van der Waals surface area contributed by atoms with Gasteiger partial charge < -0.3 is 5.73 Å². The van der Waals surface area contributed by atoms with Gasteiger partial charge in [0, 0.05) is 11.5 Å². The molecule has 0 aromatic rings. The van der Waals surface area contributed by atoms with Crippen molar-refractivity contribution in [3.05, 3.63) is 24.8 Å². The summed E-state index contributed by atoms with van der Waals surface area (Å²) in [7, 11) is 0. The second kappa shape index (κ2) is 4.31. The third kappa shape index (κ3) is 2.09. The third-order valence-corrected chi connectivity index (χ3v) is 3.98. The summed E-state index contributed by atoms with van der Waals surface area (Å²) in [5, 5.41) is 0. The van der Waals surface area contributed by atoms with Gasteiger partial charge in [0.05, 0.1) is 0 Å². The molecule has 0 heterocycles. The van der Waals surface area contributed by atoms with E-state index < -0.39 is 0 Å². The van der Waals surface area contributed by atoms with Crippen LogP contribution >= 0.6 is 0 Å². The Bertz CT molecular complexity index is 231. The Morgan fingerprint density at radius 2 is 2.07 bits per heavy atom. The molecular formula is C13H23N. The van der Waals surface area contributed by atoms with E-state index >= 15 is 0 Å². The Balaban J connectivity index is 2.79. The highest BCUT2D eigenvalue weighted by Gasteiger charge is 2.39. The predicted octanol–water partition coefficient (Wildman–Crippen LogP) is 3.13.